The largest absolute Gasteiger partial charge is 0.459 e. The van der Waals surface area contributed by atoms with E-state index in [1.807, 2.05) is 41.5 Å². The first kappa shape index (κ1) is 17.7. The van der Waals surface area contributed by atoms with Crippen LogP contribution in [0.25, 0.3) is 0 Å². The zero-order valence-electron chi connectivity index (χ0n) is 12.2. The van der Waals surface area contributed by atoms with Crippen LogP contribution in [0.1, 0.15) is 48.0 Å². The first-order valence-corrected chi connectivity index (χ1v) is 6.21. The van der Waals surface area contributed by atoms with Gasteiger partial charge in [-0.15, -0.1) is 12.4 Å². The molecule has 0 saturated carbocycles. The van der Waals surface area contributed by atoms with Gasteiger partial charge in [0.05, 0.1) is 11.7 Å². The molecule has 108 valence electrons. The van der Waals surface area contributed by atoms with Gasteiger partial charge in [0, 0.05) is 13.0 Å². The van der Waals surface area contributed by atoms with Gasteiger partial charge in [-0.2, -0.15) is 0 Å². The third kappa shape index (κ3) is 6.57. The van der Waals surface area contributed by atoms with Gasteiger partial charge in [0.1, 0.15) is 11.6 Å². The second-order valence-electron chi connectivity index (χ2n) is 6.58. The summed E-state index contributed by atoms with van der Waals surface area (Å²) in [6.45, 7) is 12.4. The number of nitrogens with one attached hydrogen (secondary N) is 1. The highest BCUT2D eigenvalue weighted by Crippen LogP contribution is 2.20. The Hall–Kier alpha value is -0.320. The maximum Gasteiger partial charge on any atom is 0.323 e. The molecule has 5 heteroatoms. The Morgan fingerprint density at radius 1 is 1.11 bits per heavy atom. The maximum absolute atomic E-state index is 11.8. The van der Waals surface area contributed by atoms with Gasteiger partial charge in [-0.25, -0.2) is 0 Å². The van der Waals surface area contributed by atoms with Crippen molar-refractivity contribution in [2.45, 2.75) is 71.3 Å². The van der Waals surface area contributed by atoms with Gasteiger partial charge in [0.2, 0.25) is 0 Å². The molecule has 1 N–H and O–H groups in total. The molecule has 1 saturated heterocycles. The smallest absolute Gasteiger partial charge is 0.323 e. The lowest BCUT2D eigenvalue weighted by Crippen LogP contribution is -2.37. The Balaban J connectivity index is 0.00000289. The van der Waals surface area contributed by atoms with Crippen LogP contribution in [0, 0.1) is 0 Å². The third-order valence-electron chi connectivity index (χ3n) is 2.30. The van der Waals surface area contributed by atoms with Crippen LogP contribution in [-0.4, -0.2) is 35.9 Å². The monoisotopic (exact) mass is 279 g/mol. The van der Waals surface area contributed by atoms with Gasteiger partial charge in [-0.05, 0) is 41.5 Å². The van der Waals surface area contributed by atoms with E-state index in [4.69, 9.17) is 9.47 Å². The summed E-state index contributed by atoms with van der Waals surface area (Å²) in [7, 11) is 0. The van der Waals surface area contributed by atoms with E-state index in [-0.39, 0.29) is 36.1 Å². The average molecular weight is 280 g/mol. The quantitative estimate of drug-likeness (QED) is 0.788. The van der Waals surface area contributed by atoms with Crippen LogP contribution in [0.15, 0.2) is 0 Å². The number of rotatable bonds is 2. The number of carbonyl (C=O) groups excluding carboxylic acids is 1. The van der Waals surface area contributed by atoms with Crippen LogP contribution < -0.4 is 5.32 Å². The average Bonchev–Trinajstić information content (AvgIpc) is 2.45. The molecule has 1 aliphatic rings. The summed E-state index contributed by atoms with van der Waals surface area (Å²) in [4.78, 5) is 11.8. The number of esters is 1. The molecule has 2 atom stereocenters. The van der Waals surface area contributed by atoms with E-state index < -0.39 is 5.60 Å². The van der Waals surface area contributed by atoms with Crippen molar-refractivity contribution in [2.24, 2.45) is 0 Å². The molecule has 0 unspecified atom stereocenters. The fraction of sp³-hybridized carbons (Fsp3) is 0.923. The van der Waals surface area contributed by atoms with E-state index in [1.165, 1.54) is 0 Å². The summed E-state index contributed by atoms with van der Waals surface area (Å²) in [5.41, 5.74) is -0.600. The van der Waals surface area contributed by atoms with Crippen LogP contribution in [0.3, 0.4) is 0 Å². The van der Waals surface area contributed by atoms with Crippen molar-refractivity contribution >= 4 is 18.4 Å². The summed E-state index contributed by atoms with van der Waals surface area (Å²) in [5.74, 6) is -0.183. The van der Waals surface area contributed by atoms with Crippen LogP contribution in [0.5, 0.6) is 0 Å². The van der Waals surface area contributed by atoms with Gasteiger partial charge in [0.25, 0.3) is 0 Å². The molecule has 0 aromatic carbocycles. The summed E-state index contributed by atoms with van der Waals surface area (Å²) in [6, 6.07) is -0.235. The summed E-state index contributed by atoms with van der Waals surface area (Å²) >= 11 is 0. The second kappa shape index (κ2) is 6.22. The van der Waals surface area contributed by atoms with Crippen LogP contribution >= 0.6 is 12.4 Å². The molecule has 0 aromatic heterocycles. The zero-order valence-corrected chi connectivity index (χ0v) is 13.0. The van der Waals surface area contributed by atoms with Crippen molar-refractivity contribution in [1.29, 1.82) is 0 Å². The van der Waals surface area contributed by atoms with Crippen molar-refractivity contribution in [1.82, 2.24) is 5.32 Å². The molecule has 0 aromatic rings. The predicted octanol–water partition coefficient (Wildman–Crippen LogP) is 2.30. The summed E-state index contributed by atoms with van der Waals surface area (Å²) in [6.07, 6.45) is 0.777. The lowest BCUT2D eigenvalue weighted by atomic mass is 10.1. The van der Waals surface area contributed by atoms with Gasteiger partial charge in [-0.3, -0.25) is 4.79 Å². The normalized spacial score (nSPS) is 24.6. The summed E-state index contributed by atoms with van der Waals surface area (Å²) < 4.78 is 11.2. The van der Waals surface area contributed by atoms with Gasteiger partial charge < -0.3 is 14.8 Å². The highest BCUT2D eigenvalue weighted by molar-refractivity contribution is 5.85. The van der Waals surface area contributed by atoms with E-state index in [2.05, 4.69) is 5.32 Å². The molecule has 1 heterocycles. The van der Waals surface area contributed by atoms with Crippen molar-refractivity contribution in [3.63, 3.8) is 0 Å². The molecule has 0 spiro atoms. The van der Waals surface area contributed by atoms with Crippen LogP contribution in [-0.2, 0) is 14.3 Å². The van der Waals surface area contributed by atoms with Crippen molar-refractivity contribution < 1.29 is 14.3 Å². The molecule has 1 rings (SSSR count). The molecule has 4 nitrogen and oxygen atoms in total. The number of halogens is 1. The first-order chi connectivity index (χ1) is 7.57. The Morgan fingerprint density at radius 3 is 2.11 bits per heavy atom. The zero-order chi connectivity index (χ0) is 13.3. The second-order valence-corrected chi connectivity index (χ2v) is 6.58. The third-order valence-corrected chi connectivity index (χ3v) is 2.30. The number of hydrogen-bond donors (Lipinski definition) is 1. The molecule has 0 bridgehead atoms. The lowest BCUT2D eigenvalue weighted by Gasteiger charge is -2.24. The van der Waals surface area contributed by atoms with Crippen LogP contribution in [0.2, 0.25) is 0 Å². The van der Waals surface area contributed by atoms with E-state index in [9.17, 15) is 4.79 Å². The number of ether oxygens (including phenoxy) is 2. The van der Waals surface area contributed by atoms with Crippen molar-refractivity contribution in [3.8, 4) is 0 Å². The Labute approximate surface area is 116 Å². The predicted molar refractivity (Wildman–Crippen MR) is 74.1 cm³/mol. The Morgan fingerprint density at radius 2 is 1.67 bits per heavy atom. The fourth-order valence-corrected chi connectivity index (χ4v) is 1.85. The minimum absolute atomic E-state index is 0. The fourth-order valence-electron chi connectivity index (χ4n) is 1.85. The number of carbonyl (C=O) groups is 1. The molecule has 0 radical (unpaired) electrons. The van der Waals surface area contributed by atoms with E-state index in [0.29, 0.717) is 13.0 Å². The maximum atomic E-state index is 11.8. The van der Waals surface area contributed by atoms with E-state index >= 15 is 0 Å². The highest BCUT2D eigenvalue weighted by atomic mass is 35.5. The Kier molecular flexibility index (Phi) is 6.11. The van der Waals surface area contributed by atoms with Gasteiger partial charge >= 0.3 is 5.97 Å². The van der Waals surface area contributed by atoms with E-state index in [1.54, 1.807) is 0 Å². The van der Waals surface area contributed by atoms with Crippen LogP contribution in [0.4, 0.5) is 0 Å². The van der Waals surface area contributed by atoms with Gasteiger partial charge in [-0.1, -0.05) is 0 Å². The molecule has 0 aliphatic carbocycles. The molecule has 0 amide bonds. The van der Waals surface area contributed by atoms with Gasteiger partial charge in [0.15, 0.2) is 0 Å². The highest BCUT2D eigenvalue weighted by Gasteiger charge is 2.34. The molecule has 18 heavy (non-hydrogen) atoms. The SMILES string of the molecule is CC(C)(C)OC(=O)[C@@H]1C[C@@H](OC(C)(C)C)CN1.Cl. The molecule has 1 fully saturated rings. The standard InChI is InChI=1S/C13H25NO3.ClH/c1-12(2,3)16-9-7-10(14-8-9)11(15)17-13(4,5)6;/h9-10,14H,7-8H2,1-6H3;1H/t9-,10+;/m1./s1. The van der Waals surface area contributed by atoms with E-state index in [0.717, 1.165) is 0 Å². The number of hydrogen-bond acceptors (Lipinski definition) is 4. The summed E-state index contributed by atoms with van der Waals surface area (Å²) in [5, 5.41) is 3.15. The van der Waals surface area contributed by atoms with Crippen molar-refractivity contribution in [3.05, 3.63) is 0 Å². The minimum Gasteiger partial charge on any atom is -0.459 e. The lowest BCUT2D eigenvalue weighted by molar-refractivity contribution is -0.157. The molecular weight excluding hydrogens is 254 g/mol. The topological polar surface area (TPSA) is 47.6 Å². The molecule has 1 aliphatic heterocycles. The van der Waals surface area contributed by atoms with Crippen molar-refractivity contribution in [2.75, 3.05) is 6.54 Å². The minimum atomic E-state index is -0.429. The first-order valence-electron chi connectivity index (χ1n) is 6.21. The molecular formula is C13H26ClNO3. The Bertz CT molecular complexity index is 281.